The predicted molar refractivity (Wildman–Crippen MR) is 63.7 cm³/mol. The average Bonchev–Trinajstić information content (AvgIpc) is 2.80. The molecule has 2 fully saturated rings. The molecule has 1 saturated heterocycles. The van der Waals surface area contributed by atoms with Crippen LogP contribution in [0.25, 0.3) is 0 Å². The van der Waals surface area contributed by atoms with Gasteiger partial charge >= 0.3 is 18.1 Å². The van der Waals surface area contributed by atoms with Crippen LogP contribution in [-0.2, 0) is 16.1 Å². The van der Waals surface area contributed by atoms with Crippen LogP contribution in [0.2, 0.25) is 0 Å². The summed E-state index contributed by atoms with van der Waals surface area (Å²) < 4.78 is 33.5. The highest BCUT2D eigenvalue weighted by molar-refractivity contribution is 5.74. The third-order valence-corrected chi connectivity index (χ3v) is 3.69. The summed E-state index contributed by atoms with van der Waals surface area (Å²) in [5.41, 5.74) is 0.108. The summed E-state index contributed by atoms with van der Waals surface area (Å²) in [5, 5.41) is 23.2. The first-order chi connectivity index (χ1) is 10.1. The summed E-state index contributed by atoms with van der Waals surface area (Å²) in [6.45, 7) is 0.772. The summed E-state index contributed by atoms with van der Waals surface area (Å²) in [6.07, 6.45) is -0.146. The van der Waals surface area contributed by atoms with E-state index >= 15 is 0 Å². The highest BCUT2D eigenvalue weighted by atomic mass is 19.4. The molecule has 1 aliphatic carbocycles. The normalized spacial score (nSPS) is 29.2. The second kappa shape index (κ2) is 5.55. The van der Waals surface area contributed by atoms with E-state index in [1.807, 2.05) is 0 Å². The summed E-state index contributed by atoms with van der Waals surface area (Å²) in [4.78, 5) is 23.6. The van der Waals surface area contributed by atoms with E-state index in [-0.39, 0.29) is 11.5 Å². The average molecular weight is 322 g/mol. The van der Waals surface area contributed by atoms with E-state index in [4.69, 9.17) is 15.0 Å². The first-order valence-electron chi connectivity index (χ1n) is 6.25. The van der Waals surface area contributed by atoms with Crippen molar-refractivity contribution in [2.75, 3.05) is 0 Å². The number of nitrogens with one attached hydrogen (secondary N) is 1. The van der Waals surface area contributed by atoms with Crippen molar-refractivity contribution in [3.8, 4) is 0 Å². The number of aromatic nitrogens is 3. The van der Waals surface area contributed by atoms with Gasteiger partial charge in [-0.05, 0) is 12.8 Å². The van der Waals surface area contributed by atoms with Crippen LogP contribution < -0.4 is 5.32 Å². The molecule has 1 aliphatic heterocycles. The first kappa shape index (κ1) is 16.2. The van der Waals surface area contributed by atoms with Crippen LogP contribution in [0.15, 0.2) is 12.7 Å². The molecule has 0 radical (unpaired) electrons. The molecule has 122 valence electrons. The Morgan fingerprint density at radius 1 is 1.36 bits per heavy atom. The van der Waals surface area contributed by atoms with Gasteiger partial charge in [0.1, 0.15) is 18.7 Å². The number of piperidine rings is 1. The number of aliphatic carboxylic acids is 2. The second-order valence-corrected chi connectivity index (χ2v) is 5.28. The molecule has 0 aromatic carbocycles. The lowest BCUT2D eigenvalue weighted by molar-refractivity contribution is -0.192. The highest BCUT2D eigenvalue weighted by Crippen LogP contribution is 2.55. The van der Waals surface area contributed by atoms with Gasteiger partial charge in [-0.3, -0.25) is 9.48 Å². The van der Waals surface area contributed by atoms with Crippen LogP contribution in [0.1, 0.15) is 12.8 Å². The Bertz CT molecular complexity index is 562. The Labute approximate surface area is 121 Å². The van der Waals surface area contributed by atoms with Gasteiger partial charge in [0.25, 0.3) is 0 Å². The van der Waals surface area contributed by atoms with E-state index < -0.39 is 18.1 Å². The van der Waals surface area contributed by atoms with Crippen molar-refractivity contribution in [2.24, 2.45) is 5.41 Å². The number of halogens is 3. The number of nitrogens with zero attached hydrogens (tertiary/aromatic N) is 3. The molecule has 11 heteroatoms. The third-order valence-electron chi connectivity index (χ3n) is 3.69. The molecule has 8 nitrogen and oxygen atoms in total. The van der Waals surface area contributed by atoms with Crippen molar-refractivity contribution in [1.82, 2.24) is 20.1 Å². The van der Waals surface area contributed by atoms with Gasteiger partial charge in [0.05, 0.1) is 0 Å². The van der Waals surface area contributed by atoms with Crippen LogP contribution in [0, 0.1) is 5.41 Å². The zero-order chi connectivity index (χ0) is 16.5. The van der Waals surface area contributed by atoms with E-state index in [2.05, 4.69) is 15.4 Å². The third kappa shape index (κ3) is 3.53. The van der Waals surface area contributed by atoms with Crippen LogP contribution in [-0.4, -0.2) is 55.2 Å². The lowest BCUT2D eigenvalue weighted by atomic mass is 10.00. The molecule has 0 amide bonds. The van der Waals surface area contributed by atoms with Gasteiger partial charge in [0.2, 0.25) is 0 Å². The molecule has 1 aromatic heterocycles. The molecule has 1 aromatic rings. The van der Waals surface area contributed by atoms with Crippen molar-refractivity contribution < 1.29 is 33.0 Å². The molecule has 2 heterocycles. The Morgan fingerprint density at radius 2 is 2.00 bits per heavy atom. The molecule has 3 rings (SSSR count). The Morgan fingerprint density at radius 3 is 2.41 bits per heavy atom. The zero-order valence-corrected chi connectivity index (χ0v) is 11.1. The minimum atomic E-state index is -5.08. The molecule has 3 atom stereocenters. The van der Waals surface area contributed by atoms with E-state index in [1.165, 1.54) is 6.33 Å². The maximum absolute atomic E-state index is 10.8. The van der Waals surface area contributed by atoms with Crippen molar-refractivity contribution >= 4 is 11.9 Å². The van der Waals surface area contributed by atoms with Gasteiger partial charge in [-0.2, -0.15) is 18.3 Å². The molecular formula is C11H13F3N4O4. The lowest BCUT2D eigenvalue weighted by Gasteiger charge is -2.12. The SMILES string of the molecule is O=C(O)C(F)(F)F.O=C(O)[C@@H]1C[C@]2(Cn3cncn3)C[C@@H]2N1. The molecular weight excluding hydrogens is 309 g/mol. The maximum atomic E-state index is 10.8. The number of hydrogen-bond acceptors (Lipinski definition) is 5. The van der Waals surface area contributed by atoms with E-state index in [9.17, 15) is 18.0 Å². The fourth-order valence-corrected chi connectivity index (χ4v) is 2.55. The van der Waals surface area contributed by atoms with Crippen LogP contribution in [0.3, 0.4) is 0 Å². The number of alkyl halides is 3. The van der Waals surface area contributed by atoms with Gasteiger partial charge < -0.3 is 15.5 Å². The van der Waals surface area contributed by atoms with Crippen molar-refractivity contribution in [3.05, 3.63) is 12.7 Å². The molecule has 0 spiro atoms. The van der Waals surface area contributed by atoms with Crippen molar-refractivity contribution in [2.45, 2.75) is 37.6 Å². The van der Waals surface area contributed by atoms with Crippen molar-refractivity contribution in [3.63, 3.8) is 0 Å². The van der Waals surface area contributed by atoms with Gasteiger partial charge in [-0.15, -0.1) is 0 Å². The standard InChI is InChI=1S/C9H12N4O2.C2HF3O2/c14-8(15)6-1-9(2-7(9)12-6)3-13-5-10-4-11-13;3-2(4,5)1(6)7/h4-7,12H,1-3H2,(H,14,15);(H,6,7)/t6-,7-,9+;/m0./s1. The molecule has 2 aliphatic rings. The maximum Gasteiger partial charge on any atom is 0.490 e. The minimum absolute atomic E-state index is 0.108. The number of carboxylic acids is 2. The number of rotatable bonds is 3. The van der Waals surface area contributed by atoms with E-state index in [1.54, 1.807) is 11.0 Å². The highest BCUT2D eigenvalue weighted by Gasteiger charge is 2.61. The molecule has 3 N–H and O–H groups in total. The zero-order valence-electron chi connectivity index (χ0n) is 11.1. The smallest absolute Gasteiger partial charge is 0.480 e. The monoisotopic (exact) mass is 322 g/mol. The summed E-state index contributed by atoms with van der Waals surface area (Å²) >= 11 is 0. The second-order valence-electron chi connectivity index (χ2n) is 5.28. The van der Waals surface area contributed by atoms with Gasteiger partial charge in [-0.25, -0.2) is 9.78 Å². The number of fused-ring (bicyclic) bond motifs is 1. The largest absolute Gasteiger partial charge is 0.490 e. The predicted octanol–water partition coefficient (Wildman–Crippen LogP) is 0.117. The van der Waals surface area contributed by atoms with Crippen LogP contribution in [0.5, 0.6) is 0 Å². The lowest BCUT2D eigenvalue weighted by Crippen LogP contribution is -2.33. The Balaban J connectivity index is 0.000000217. The molecule has 0 unspecified atom stereocenters. The Hall–Kier alpha value is -2.17. The molecule has 22 heavy (non-hydrogen) atoms. The van der Waals surface area contributed by atoms with Crippen LogP contribution in [0.4, 0.5) is 13.2 Å². The minimum Gasteiger partial charge on any atom is -0.480 e. The summed E-state index contributed by atoms with van der Waals surface area (Å²) in [6, 6.07) is -0.0323. The quantitative estimate of drug-likeness (QED) is 0.723. The molecule has 1 saturated carbocycles. The van der Waals surface area contributed by atoms with Gasteiger partial charge in [0.15, 0.2) is 0 Å². The summed E-state index contributed by atoms with van der Waals surface area (Å²) in [7, 11) is 0. The fraction of sp³-hybridized carbons (Fsp3) is 0.636. The van der Waals surface area contributed by atoms with Crippen molar-refractivity contribution in [1.29, 1.82) is 0 Å². The fourth-order valence-electron chi connectivity index (χ4n) is 2.55. The topological polar surface area (TPSA) is 117 Å². The van der Waals surface area contributed by atoms with Gasteiger partial charge in [0, 0.05) is 18.0 Å². The van der Waals surface area contributed by atoms with E-state index in [0.29, 0.717) is 12.5 Å². The first-order valence-corrected chi connectivity index (χ1v) is 6.25. The van der Waals surface area contributed by atoms with E-state index in [0.717, 1.165) is 13.0 Å². The number of hydrogen-bond donors (Lipinski definition) is 3. The number of carbonyl (C=O) groups is 2. The Kier molecular flexibility index (Phi) is 4.09. The van der Waals surface area contributed by atoms with Gasteiger partial charge in [-0.1, -0.05) is 0 Å². The molecule has 0 bridgehead atoms. The number of carboxylic acid groups (broad SMARTS) is 2. The summed E-state index contributed by atoms with van der Waals surface area (Å²) in [5.74, 6) is -3.51. The van der Waals surface area contributed by atoms with Crippen LogP contribution >= 0.6 is 0 Å².